The number of hydrogen-bond acceptors (Lipinski definition) is 6. The quantitative estimate of drug-likeness (QED) is 0.234. The molecular weight excluding hydrogens is 460 g/mol. The number of likely N-dealkylation sites (tertiary alicyclic amines) is 1. The van der Waals surface area contributed by atoms with Gasteiger partial charge in [0, 0.05) is 31.7 Å². The van der Waals surface area contributed by atoms with E-state index in [4.69, 9.17) is 5.73 Å². The molecule has 0 bridgehead atoms. The molecule has 36 heavy (non-hydrogen) atoms. The summed E-state index contributed by atoms with van der Waals surface area (Å²) in [6.45, 7) is 4.10. The van der Waals surface area contributed by atoms with Gasteiger partial charge in [-0.3, -0.25) is 28.9 Å². The standard InChI is InChI=1S/C27H40N4O5/c1-19-17-25(34)31(27(19)36)16-10-4-7-14-24(33)29-23(18-21-11-5-3-6-12-21)26(35)30-22(20(2)32)13-8-9-15-28/h3,5-6,11-12,19,22-23H,4,7-10,13-18,28H2,1-2H3,(H,29,33)(H,30,35)/t19?,22-,23-/m0/s1. The van der Waals surface area contributed by atoms with E-state index < -0.39 is 12.1 Å². The lowest BCUT2D eigenvalue weighted by Gasteiger charge is -2.22. The Morgan fingerprint density at radius 2 is 1.72 bits per heavy atom. The second-order valence-corrected chi connectivity index (χ2v) is 9.57. The highest BCUT2D eigenvalue weighted by molar-refractivity contribution is 6.03. The Morgan fingerprint density at radius 1 is 1.00 bits per heavy atom. The minimum Gasteiger partial charge on any atom is -0.345 e. The van der Waals surface area contributed by atoms with Crippen LogP contribution in [0.5, 0.6) is 0 Å². The van der Waals surface area contributed by atoms with Gasteiger partial charge in [0.2, 0.25) is 23.6 Å². The molecule has 0 spiro atoms. The van der Waals surface area contributed by atoms with E-state index in [-0.39, 0.29) is 48.2 Å². The van der Waals surface area contributed by atoms with Crippen LogP contribution in [0.15, 0.2) is 30.3 Å². The molecule has 198 valence electrons. The van der Waals surface area contributed by atoms with Crippen molar-refractivity contribution in [3.63, 3.8) is 0 Å². The lowest BCUT2D eigenvalue weighted by atomic mass is 10.0. The molecule has 4 N–H and O–H groups in total. The number of carbonyl (C=O) groups excluding carboxylic acids is 5. The predicted octanol–water partition coefficient (Wildman–Crippen LogP) is 1.87. The van der Waals surface area contributed by atoms with Crippen molar-refractivity contribution in [2.75, 3.05) is 13.1 Å². The maximum absolute atomic E-state index is 13.1. The van der Waals surface area contributed by atoms with Crippen LogP contribution in [0.1, 0.15) is 70.8 Å². The molecule has 1 aromatic rings. The number of hydrogen-bond donors (Lipinski definition) is 3. The Kier molecular flexibility index (Phi) is 12.3. The Labute approximate surface area is 213 Å². The number of rotatable bonds is 16. The monoisotopic (exact) mass is 500 g/mol. The molecule has 1 saturated heterocycles. The van der Waals surface area contributed by atoms with Gasteiger partial charge in [0.15, 0.2) is 5.78 Å². The number of imide groups is 1. The first-order valence-corrected chi connectivity index (χ1v) is 12.9. The number of nitrogens with two attached hydrogens (primary N) is 1. The number of amides is 4. The number of nitrogens with zero attached hydrogens (tertiary/aromatic N) is 1. The smallest absolute Gasteiger partial charge is 0.243 e. The number of benzene rings is 1. The van der Waals surface area contributed by atoms with Gasteiger partial charge in [-0.05, 0) is 51.1 Å². The molecule has 0 aromatic heterocycles. The normalized spacial score (nSPS) is 17.1. The van der Waals surface area contributed by atoms with Crippen molar-refractivity contribution >= 4 is 29.4 Å². The maximum atomic E-state index is 13.1. The third-order valence-corrected chi connectivity index (χ3v) is 6.44. The molecule has 3 atom stereocenters. The largest absolute Gasteiger partial charge is 0.345 e. The number of nitrogens with one attached hydrogen (secondary N) is 2. The van der Waals surface area contributed by atoms with Gasteiger partial charge in [-0.25, -0.2) is 0 Å². The summed E-state index contributed by atoms with van der Waals surface area (Å²) < 4.78 is 0. The molecule has 1 aliphatic rings. The summed E-state index contributed by atoms with van der Waals surface area (Å²) in [5, 5.41) is 5.63. The third kappa shape index (κ3) is 9.53. The van der Waals surface area contributed by atoms with Crippen LogP contribution in [0, 0.1) is 5.92 Å². The van der Waals surface area contributed by atoms with E-state index in [1.54, 1.807) is 6.92 Å². The van der Waals surface area contributed by atoms with E-state index in [1.807, 2.05) is 30.3 Å². The zero-order valence-electron chi connectivity index (χ0n) is 21.5. The van der Waals surface area contributed by atoms with Crippen LogP contribution >= 0.6 is 0 Å². The molecule has 1 fully saturated rings. The number of ketones is 1. The topological polar surface area (TPSA) is 139 Å². The van der Waals surface area contributed by atoms with Gasteiger partial charge in [0.1, 0.15) is 6.04 Å². The molecule has 2 rings (SSSR count). The second kappa shape index (κ2) is 15.1. The zero-order valence-corrected chi connectivity index (χ0v) is 21.5. The van der Waals surface area contributed by atoms with Gasteiger partial charge in [-0.15, -0.1) is 0 Å². The van der Waals surface area contributed by atoms with E-state index in [2.05, 4.69) is 10.6 Å². The first-order chi connectivity index (χ1) is 17.2. The molecule has 9 heteroatoms. The molecule has 1 unspecified atom stereocenters. The zero-order chi connectivity index (χ0) is 26.5. The van der Waals surface area contributed by atoms with Gasteiger partial charge in [-0.1, -0.05) is 43.7 Å². The van der Waals surface area contributed by atoms with E-state index in [0.29, 0.717) is 45.2 Å². The van der Waals surface area contributed by atoms with Crippen molar-refractivity contribution in [1.29, 1.82) is 0 Å². The molecule has 1 heterocycles. The van der Waals surface area contributed by atoms with Gasteiger partial charge >= 0.3 is 0 Å². The Bertz CT molecular complexity index is 905. The van der Waals surface area contributed by atoms with Crippen molar-refractivity contribution in [2.45, 2.75) is 83.7 Å². The summed E-state index contributed by atoms with van der Waals surface area (Å²) in [5.74, 6) is -1.28. The van der Waals surface area contributed by atoms with E-state index >= 15 is 0 Å². The minimum atomic E-state index is -0.808. The Balaban J connectivity index is 1.88. The summed E-state index contributed by atoms with van der Waals surface area (Å²) in [6, 6.07) is 7.97. The van der Waals surface area contributed by atoms with Crippen molar-refractivity contribution < 1.29 is 24.0 Å². The first kappa shape index (κ1) is 29.2. The highest BCUT2D eigenvalue weighted by Gasteiger charge is 2.34. The molecule has 0 saturated carbocycles. The van der Waals surface area contributed by atoms with Crippen LogP contribution < -0.4 is 16.4 Å². The third-order valence-electron chi connectivity index (χ3n) is 6.44. The number of Topliss-reactive ketones (excluding diaryl/α,β-unsaturated/α-hetero) is 1. The van der Waals surface area contributed by atoms with Gasteiger partial charge in [0.05, 0.1) is 6.04 Å². The average molecular weight is 501 g/mol. The average Bonchev–Trinajstić information content (AvgIpc) is 3.09. The van der Waals surface area contributed by atoms with Gasteiger partial charge in [-0.2, -0.15) is 0 Å². The van der Waals surface area contributed by atoms with Crippen molar-refractivity contribution in [3.8, 4) is 0 Å². The fraction of sp³-hybridized carbons (Fsp3) is 0.593. The highest BCUT2D eigenvalue weighted by Crippen LogP contribution is 2.19. The molecular formula is C27H40N4O5. The predicted molar refractivity (Wildman–Crippen MR) is 137 cm³/mol. The van der Waals surface area contributed by atoms with Crippen LogP contribution in [0.2, 0.25) is 0 Å². The van der Waals surface area contributed by atoms with E-state index in [0.717, 1.165) is 18.4 Å². The molecule has 1 aromatic carbocycles. The van der Waals surface area contributed by atoms with E-state index in [1.165, 1.54) is 11.8 Å². The molecule has 9 nitrogen and oxygen atoms in total. The summed E-state index contributed by atoms with van der Waals surface area (Å²) in [5.41, 5.74) is 6.44. The number of unbranched alkanes of at least 4 members (excludes halogenated alkanes) is 3. The molecule has 0 aliphatic carbocycles. The van der Waals surface area contributed by atoms with Crippen LogP contribution in [0.4, 0.5) is 0 Å². The minimum absolute atomic E-state index is 0.126. The van der Waals surface area contributed by atoms with Crippen LogP contribution in [-0.4, -0.2) is 59.5 Å². The molecule has 1 aliphatic heterocycles. The van der Waals surface area contributed by atoms with Gasteiger partial charge in [0.25, 0.3) is 0 Å². The Morgan fingerprint density at radius 3 is 2.33 bits per heavy atom. The van der Waals surface area contributed by atoms with Crippen LogP contribution in [-0.2, 0) is 30.4 Å². The van der Waals surface area contributed by atoms with Gasteiger partial charge < -0.3 is 16.4 Å². The van der Waals surface area contributed by atoms with Crippen molar-refractivity contribution in [3.05, 3.63) is 35.9 Å². The Hall–Kier alpha value is -3.07. The summed E-state index contributed by atoms with van der Waals surface area (Å²) in [7, 11) is 0. The molecule has 4 amide bonds. The van der Waals surface area contributed by atoms with Crippen molar-refractivity contribution in [2.24, 2.45) is 11.7 Å². The highest BCUT2D eigenvalue weighted by atomic mass is 16.2. The lowest BCUT2D eigenvalue weighted by molar-refractivity contribution is -0.139. The first-order valence-electron chi connectivity index (χ1n) is 12.9. The lowest BCUT2D eigenvalue weighted by Crippen LogP contribution is -2.52. The fourth-order valence-electron chi connectivity index (χ4n) is 4.28. The fourth-order valence-corrected chi connectivity index (χ4v) is 4.28. The van der Waals surface area contributed by atoms with E-state index in [9.17, 15) is 24.0 Å². The molecule has 0 radical (unpaired) electrons. The number of carbonyl (C=O) groups is 5. The maximum Gasteiger partial charge on any atom is 0.243 e. The summed E-state index contributed by atoms with van der Waals surface area (Å²) in [6.07, 6.45) is 4.69. The van der Waals surface area contributed by atoms with Crippen LogP contribution in [0.25, 0.3) is 0 Å². The van der Waals surface area contributed by atoms with Crippen molar-refractivity contribution in [1.82, 2.24) is 15.5 Å². The van der Waals surface area contributed by atoms with Crippen LogP contribution in [0.3, 0.4) is 0 Å². The SMILES string of the molecule is CC(=O)[C@H](CCCCN)NC(=O)[C@H](Cc1ccccc1)NC(=O)CCCCCN1C(=O)CC(C)C1=O. The summed E-state index contributed by atoms with van der Waals surface area (Å²) in [4.78, 5) is 63.0. The summed E-state index contributed by atoms with van der Waals surface area (Å²) >= 11 is 0. The second-order valence-electron chi connectivity index (χ2n) is 9.57.